The van der Waals surface area contributed by atoms with Gasteiger partial charge in [0.2, 0.25) is 0 Å². The number of thioether (sulfide) groups is 1. The van der Waals surface area contributed by atoms with Crippen molar-refractivity contribution in [3.05, 3.63) is 40.4 Å². The van der Waals surface area contributed by atoms with E-state index >= 15 is 0 Å². The Labute approximate surface area is 101 Å². The van der Waals surface area contributed by atoms with Gasteiger partial charge in [-0.2, -0.15) is 0 Å². The summed E-state index contributed by atoms with van der Waals surface area (Å²) in [7, 11) is 0. The number of halogens is 3. The van der Waals surface area contributed by atoms with Crippen molar-refractivity contribution in [2.24, 2.45) is 0 Å². The van der Waals surface area contributed by atoms with Crippen LogP contribution in [0.25, 0.3) is 6.08 Å². The third kappa shape index (κ3) is 3.94. The minimum atomic E-state index is -0.791. The Morgan fingerprint density at radius 1 is 1.44 bits per heavy atom. The van der Waals surface area contributed by atoms with Gasteiger partial charge in [-0.05, 0) is 17.7 Å². The molecule has 0 amide bonds. The van der Waals surface area contributed by atoms with Crippen LogP contribution in [0.5, 0.6) is 0 Å². The lowest BCUT2D eigenvalue weighted by Gasteiger charge is -1.98. The zero-order valence-corrected chi connectivity index (χ0v) is 10.0. The Bertz CT molecular complexity index is 409. The van der Waals surface area contributed by atoms with Crippen molar-refractivity contribution in [2.75, 3.05) is 5.75 Å². The van der Waals surface area contributed by atoms with E-state index in [1.807, 2.05) is 0 Å². The predicted molar refractivity (Wildman–Crippen MR) is 63.5 cm³/mol. The van der Waals surface area contributed by atoms with Crippen LogP contribution < -0.4 is 0 Å². The van der Waals surface area contributed by atoms with Crippen molar-refractivity contribution in [2.45, 2.75) is 6.92 Å². The van der Waals surface area contributed by atoms with E-state index < -0.39 is 16.7 Å². The van der Waals surface area contributed by atoms with Gasteiger partial charge in [0.05, 0.1) is 0 Å². The van der Waals surface area contributed by atoms with Gasteiger partial charge in [-0.3, -0.25) is 4.79 Å². The first-order valence-corrected chi connectivity index (χ1v) is 5.81. The average molecular weight is 263 g/mol. The standard InChI is InChI=1S/C11H9ClF2OS/c1-7(15)16-4-2-3-8-5-9(13)11(12)10(14)6-8/h2-3,5-6H,4H2,1H3. The molecule has 0 N–H and O–H groups in total. The highest BCUT2D eigenvalue weighted by molar-refractivity contribution is 8.13. The van der Waals surface area contributed by atoms with Crippen LogP contribution in [0.3, 0.4) is 0 Å². The highest BCUT2D eigenvalue weighted by atomic mass is 35.5. The molecule has 5 heteroatoms. The van der Waals surface area contributed by atoms with Gasteiger partial charge in [-0.1, -0.05) is 35.5 Å². The molecule has 0 saturated heterocycles. The van der Waals surface area contributed by atoms with E-state index in [1.165, 1.54) is 6.92 Å². The molecular weight excluding hydrogens is 254 g/mol. The van der Waals surface area contributed by atoms with Crippen LogP contribution in [0.1, 0.15) is 12.5 Å². The monoisotopic (exact) mass is 262 g/mol. The zero-order chi connectivity index (χ0) is 12.1. The number of carbonyl (C=O) groups excluding carboxylic acids is 1. The fourth-order valence-electron chi connectivity index (χ4n) is 1.02. The molecule has 0 spiro atoms. The lowest BCUT2D eigenvalue weighted by Crippen LogP contribution is -1.86. The molecule has 0 bridgehead atoms. The van der Waals surface area contributed by atoms with Crippen molar-refractivity contribution in [3.63, 3.8) is 0 Å². The van der Waals surface area contributed by atoms with E-state index in [0.717, 1.165) is 23.9 Å². The lowest BCUT2D eigenvalue weighted by atomic mass is 10.2. The molecular formula is C11H9ClF2OS. The molecule has 0 aliphatic rings. The van der Waals surface area contributed by atoms with Gasteiger partial charge >= 0.3 is 0 Å². The molecule has 0 atom stereocenters. The molecule has 0 aliphatic carbocycles. The summed E-state index contributed by atoms with van der Waals surface area (Å²) in [6, 6.07) is 2.28. The maximum atomic E-state index is 13.0. The molecule has 1 nitrogen and oxygen atoms in total. The van der Waals surface area contributed by atoms with E-state index in [-0.39, 0.29) is 5.12 Å². The summed E-state index contributed by atoms with van der Waals surface area (Å²) in [5, 5.41) is -0.506. The van der Waals surface area contributed by atoms with Gasteiger partial charge in [0.25, 0.3) is 0 Å². The normalized spacial score (nSPS) is 11.0. The van der Waals surface area contributed by atoms with E-state index in [1.54, 1.807) is 12.2 Å². The van der Waals surface area contributed by atoms with Crippen molar-refractivity contribution in [3.8, 4) is 0 Å². The first-order chi connectivity index (χ1) is 7.50. The largest absolute Gasteiger partial charge is 0.288 e. The Morgan fingerprint density at radius 3 is 2.50 bits per heavy atom. The summed E-state index contributed by atoms with van der Waals surface area (Å²) in [6.07, 6.45) is 3.20. The molecule has 16 heavy (non-hydrogen) atoms. The molecule has 86 valence electrons. The molecule has 0 aromatic heterocycles. The molecule has 0 aliphatic heterocycles. The second-order valence-corrected chi connectivity index (χ2v) is 4.58. The summed E-state index contributed by atoms with van der Waals surface area (Å²) < 4.78 is 26.0. The Hall–Kier alpha value is -0.870. The lowest BCUT2D eigenvalue weighted by molar-refractivity contribution is -0.109. The van der Waals surface area contributed by atoms with Gasteiger partial charge in [-0.25, -0.2) is 8.78 Å². The molecule has 1 aromatic carbocycles. The van der Waals surface area contributed by atoms with E-state index in [0.29, 0.717) is 11.3 Å². The summed E-state index contributed by atoms with van der Waals surface area (Å²) in [6.45, 7) is 1.46. The molecule has 0 saturated carbocycles. The second kappa shape index (κ2) is 6.01. The van der Waals surface area contributed by atoms with Gasteiger partial charge in [0.15, 0.2) is 5.12 Å². The van der Waals surface area contributed by atoms with Crippen LogP contribution in [0.15, 0.2) is 18.2 Å². The smallest absolute Gasteiger partial charge is 0.186 e. The Kier molecular flexibility index (Phi) is 4.96. The highest BCUT2D eigenvalue weighted by Crippen LogP contribution is 2.21. The van der Waals surface area contributed by atoms with Gasteiger partial charge in [0.1, 0.15) is 16.7 Å². The number of benzene rings is 1. The van der Waals surface area contributed by atoms with Crippen LogP contribution >= 0.6 is 23.4 Å². The summed E-state index contributed by atoms with van der Waals surface area (Å²) in [4.78, 5) is 10.6. The maximum absolute atomic E-state index is 13.0. The fraction of sp³-hybridized carbons (Fsp3) is 0.182. The van der Waals surface area contributed by atoms with Crippen LogP contribution in [0.2, 0.25) is 5.02 Å². The zero-order valence-electron chi connectivity index (χ0n) is 8.47. The number of rotatable bonds is 3. The third-order valence-corrected chi connectivity index (χ3v) is 2.83. The maximum Gasteiger partial charge on any atom is 0.186 e. The van der Waals surface area contributed by atoms with Crippen molar-refractivity contribution >= 4 is 34.6 Å². The molecule has 1 rings (SSSR count). The van der Waals surface area contributed by atoms with Gasteiger partial charge in [0, 0.05) is 12.7 Å². The molecule has 0 heterocycles. The van der Waals surface area contributed by atoms with Crippen LogP contribution in [-0.2, 0) is 4.79 Å². The molecule has 0 radical (unpaired) electrons. The minimum absolute atomic E-state index is 0.00174. The van der Waals surface area contributed by atoms with E-state index in [9.17, 15) is 13.6 Å². The van der Waals surface area contributed by atoms with E-state index in [4.69, 9.17) is 11.6 Å². The van der Waals surface area contributed by atoms with Crippen LogP contribution in [-0.4, -0.2) is 10.9 Å². The van der Waals surface area contributed by atoms with Gasteiger partial charge in [-0.15, -0.1) is 0 Å². The first-order valence-electron chi connectivity index (χ1n) is 4.45. The summed E-state index contributed by atoms with van der Waals surface area (Å²) in [5.74, 6) is -1.11. The van der Waals surface area contributed by atoms with Crippen LogP contribution in [0, 0.1) is 11.6 Å². The fourth-order valence-corrected chi connectivity index (χ4v) is 1.56. The summed E-state index contributed by atoms with van der Waals surface area (Å²) in [5.41, 5.74) is 0.378. The van der Waals surface area contributed by atoms with Crippen LogP contribution in [0.4, 0.5) is 8.78 Å². The molecule has 1 aromatic rings. The molecule has 0 fully saturated rings. The van der Waals surface area contributed by atoms with E-state index in [2.05, 4.69) is 0 Å². The number of hydrogen-bond acceptors (Lipinski definition) is 2. The van der Waals surface area contributed by atoms with Crippen molar-refractivity contribution < 1.29 is 13.6 Å². The predicted octanol–water partition coefficient (Wildman–Crippen LogP) is 3.91. The summed E-state index contributed by atoms with van der Waals surface area (Å²) >= 11 is 6.45. The first kappa shape index (κ1) is 13.2. The topological polar surface area (TPSA) is 17.1 Å². The SMILES string of the molecule is CC(=O)SCC=Cc1cc(F)c(Cl)c(F)c1. The minimum Gasteiger partial charge on any atom is -0.288 e. The Balaban J connectivity index is 2.71. The Morgan fingerprint density at radius 2 is 2.00 bits per heavy atom. The van der Waals surface area contributed by atoms with Crippen molar-refractivity contribution in [1.82, 2.24) is 0 Å². The number of carbonyl (C=O) groups is 1. The highest BCUT2D eigenvalue weighted by Gasteiger charge is 2.06. The average Bonchev–Trinajstić information content (AvgIpc) is 2.20. The number of hydrogen-bond donors (Lipinski definition) is 0. The molecule has 0 unspecified atom stereocenters. The quantitative estimate of drug-likeness (QED) is 0.768. The second-order valence-electron chi connectivity index (χ2n) is 3.00. The van der Waals surface area contributed by atoms with Crippen molar-refractivity contribution in [1.29, 1.82) is 0 Å². The third-order valence-electron chi connectivity index (χ3n) is 1.70. The van der Waals surface area contributed by atoms with Gasteiger partial charge < -0.3 is 0 Å².